The Morgan fingerprint density at radius 2 is 1.95 bits per heavy atom. The van der Waals surface area contributed by atoms with E-state index in [0.29, 0.717) is 6.61 Å². The lowest BCUT2D eigenvalue weighted by Crippen LogP contribution is -2.31. The topological polar surface area (TPSA) is 53.7 Å². The molecule has 0 aliphatic carbocycles. The van der Waals surface area contributed by atoms with Gasteiger partial charge in [0.05, 0.1) is 25.4 Å². The van der Waals surface area contributed by atoms with E-state index in [-0.39, 0.29) is 17.7 Å². The molecule has 0 radical (unpaired) electrons. The van der Waals surface area contributed by atoms with Crippen LogP contribution in [-0.2, 0) is 9.47 Å². The smallest absolute Gasteiger partial charge is 0.119 e. The fraction of sp³-hybridized carbons (Fsp3) is 0.647. The summed E-state index contributed by atoms with van der Waals surface area (Å²) in [7, 11) is 3.38. The maximum Gasteiger partial charge on any atom is 0.119 e. The van der Waals surface area contributed by atoms with Gasteiger partial charge < -0.3 is 19.9 Å². The minimum atomic E-state index is -0.185. The van der Waals surface area contributed by atoms with E-state index >= 15 is 0 Å². The van der Waals surface area contributed by atoms with Gasteiger partial charge in [0.25, 0.3) is 0 Å². The van der Waals surface area contributed by atoms with E-state index in [9.17, 15) is 0 Å². The summed E-state index contributed by atoms with van der Waals surface area (Å²) in [5, 5.41) is 0. The molecule has 0 bridgehead atoms. The summed E-state index contributed by atoms with van der Waals surface area (Å²) < 4.78 is 16.8. The van der Waals surface area contributed by atoms with E-state index in [1.807, 2.05) is 24.3 Å². The first-order valence-corrected chi connectivity index (χ1v) is 7.49. The summed E-state index contributed by atoms with van der Waals surface area (Å²) >= 11 is 0. The highest BCUT2D eigenvalue weighted by molar-refractivity contribution is 5.30. The van der Waals surface area contributed by atoms with Gasteiger partial charge >= 0.3 is 0 Å². The highest BCUT2D eigenvalue weighted by Gasteiger charge is 2.22. The number of nitrogens with two attached hydrogens (primary N) is 1. The van der Waals surface area contributed by atoms with Crippen molar-refractivity contribution in [2.75, 3.05) is 20.8 Å². The van der Waals surface area contributed by atoms with Gasteiger partial charge in [-0.15, -0.1) is 0 Å². The molecule has 1 rings (SSSR count). The van der Waals surface area contributed by atoms with Gasteiger partial charge in [-0.2, -0.15) is 0 Å². The van der Waals surface area contributed by atoms with Crippen LogP contribution in [0.15, 0.2) is 24.3 Å². The second-order valence-electron chi connectivity index (χ2n) is 5.85. The molecule has 2 atom stereocenters. The van der Waals surface area contributed by atoms with E-state index in [0.717, 1.165) is 24.2 Å². The molecular weight excluding hydrogens is 266 g/mol. The minimum absolute atomic E-state index is 0.0391. The van der Waals surface area contributed by atoms with Crippen LogP contribution in [0.5, 0.6) is 5.75 Å². The van der Waals surface area contributed by atoms with Crippen molar-refractivity contribution in [1.29, 1.82) is 0 Å². The molecule has 120 valence electrons. The van der Waals surface area contributed by atoms with Crippen molar-refractivity contribution in [3.8, 4) is 5.75 Å². The summed E-state index contributed by atoms with van der Waals surface area (Å²) in [6, 6.07) is 7.87. The third-order valence-corrected chi connectivity index (χ3v) is 3.84. The molecule has 1 aromatic rings. The second-order valence-corrected chi connectivity index (χ2v) is 5.85. The number of hydrogen-bond donors (Lipinski definition) is 1. The SMILES string of the molecule is CCC(N)C(OCCC(C)(C)OC)c1cccc(OC)c1. The Hall–Kier alpha value is -1.10. The van der Waals surface area contributed by atoms with Gasteiger partial charge in [0.2, 0.25) is 0 Å². The third kappa shape index (κ3) is 5.65. The third-order valence-electron chi connectivity index (χ3n) is 3.84. The number of rotatable bonds is 9. The number of methoxy groups -OCH3 is 2. The van der Waals surface area contributed by atoms with Crippen LogP contribution in [0.25, 0.3) is 0 Å². The van der Waals surface area contributed by atoms with Gasteiger partial charge in [-0.25, -0.2) is 0 Å². The van der Waals surface area contributed by atoms with Crippen LogP contribution in [0.1, 0.15) is 45.3 Å². The molecule has 0 aliphatic rings. The van der Waals surface area contributed by atoms with Crippen molar-refractivity contribution < 1.29 is 14.2 Å². The van der Waals surface area contributed by atoms with Crippen LogP contribution in [-0.4, -0.2) is 32.5 Å². The van der Waals surface area contributed by atoms with Crippen LogP contribution in [0.2, 0.25) is 0 Å². The van der Waals surface area contributed by atoms with Gasteiger partial charge in [-0.05, 0) is 44.4 Å². The Labute approximate surface area is 128 Å². The Morgan fingerprint density at radius 1 is 1.24 bits per heavy atom. The fourth-order valence-corrected chi connectivity index (χ4v) is 2.03. The molecule has 0 fully saturated rings. The molecule has 0 spiro atoms. The molecule has 1 aromatic carbocycles. The van der Waals surface area contributed by atoms with Crippen LogP contribution in [0.4, 0.5) is 0 Å². The average Bonchev–Trinajstić information content (AvgIpc) is 2.51. The highest BCUT2D eigenvalue weighted by atomic mass is 16.5. The lowest BCUT2D eigenvalue weighted by atomic mass is 10.00. The Bertz CT molecular complexity index is 420. The van der Waals surface area contributed by atoms with Gasteiger partial charge in [0, 0.05) is 13.2 Å². The summed E-state index contributed by atoms with van der Waals surface area (Å²) in [5.41, 5.74) is 7.10. The van der Waals surface area contributed by atoms with E-state index in [1.54, 1.807) is 14.2 Å². The maximum atomic E-state index is 6.23. The number of benzene rings is 1. The first-order chi connectivity index (χ1) is 9.93. The summed E-state index contributed by atoms with van der Waals surface area (Å²) in [6.07, 6.45) is 1.55. The predicted octanol–water partition coefficient (Wildman–Crippen LogP) is 3.31. The maximum absolute atomic E-state index is 6.23. The molecule has 0 aromatic heterocycles. The van der Waals surface area contributed by atoms with Gasteiger partial charge in [-0.3, -0.25) is 0 Å². The quantitative estimate of drug-likeness (QED) is 0.759. The Balaban J connectivity index is 2.76. The number of hydrogen-bond acceptors (Lipinski definition) is 4. The first-order valence-electron chi connectivity index (χ1n) is 7.49. The number of ether oxygens (including phenoxy) is 3. The monoisotopic (exact) mass is 295 g/mol. The van der Waals surface area contributed by atoms with Crippen molar-refractivity contribution >= 4 is 0 Å². The summed E-state index contributed by atoms with van der Waals surface area (Å²) in [4.78, 5) is 0. The van der Waals surface area contributed by atoms with Crippen LogP contribution in [0, 0.1) is 0 Å². The average molecular weight is 295 g/mol. The van der Waals surface area contributed by atoms with Crippen LogP contribution < -0.4 is 10.5 Å². The van der Waals surface area contributed by atoms with Crippen molar-refractivity contribution in [3.05, 3.63) is 29.8 Å². The molecule has 0 heterocycles. The summed E-state index contributed by atoms with van der Waals surface area (Å²) in [5.74, 6) is 0.821. The Morgan fingerprint density at radius 3 is 2.52 bits per heavy atom. The zero-order valence-corrected chi connectivity index (χ0v) is 13.9. The molecule has 2 unspecified atom stereocenters. The molecule has 21 heavy (non-hydrogen) atoms. The molecule has 2 N–H and O–H groups in total. The molecule has 0 amide bonds. The molecule has 4 nitrogen and oxygen atoms in total. The van der Waals surface area contributed by atoms with Crippen molar-refractivity contribution in [2.45, 2.75) is 51.4 Å². The van der Waals surface area contributed by atoms with Crippen molar-refractivity contribution in [1.82, 2.24) is 0 Å². The van der Waals surface area contributed by atoms with Crippen LogP contribution in [0.3, 0.4) is 0 Å². The largest absolute Gasteiger partial charge is 0.497 e. The van der Waals surface area contributed by atoms with E-state index in [2.05, 4.69) is 20.8 Å². The van der Waals surface area contributed by atoms with Crippen molar-refractivity contribution in [2.24, 2.45) is 5.73 Å². The molecule has 0 saturated carbocycles. The Kier molecular flexibility index (Phi) is 7.15. The van der Waals surface area contributed by atoms with Gasteiger partial charge in [0.15, 0.2) is 0 Å². The zero-order valence-electron chi connectivity index (χ0n) is 13.9. The summed E-state index contributed by atoms with van der Waals surface area (Å²) in [6.45, 7) is 6.78. The van der Waals surface area contributed by atoms with E-state index < -0.39 is 0 Å². The molecular formula is C17H29NO3. The molecule has 4 heteroatoms. The lowest BCUT2D eigenvalue weighted by Gasteiger charge is -2.27. The highest BCUT2D eigenvalue weighted by Crippen LogP contribution is 2.26. The minimum Gasteiger partial charge on any atom is -0.497 e. The van der Waals surface area contributed by atoms with Gasteiger partial charge in [-0.1, -0.05) is 19.1 Å². The first kappa shape index (κ1) is 18.0. The van der Waals surface area contributed by atoms with E-state index in [1.165, 1.54) is 0 Å². The van der Waals surface area contributed by atoms with E-state index in [4.69, 9.17) is 19.9 Å². The second kappa shape index (κ2) is 8.37. The lowest BCUT2D eigenvalue weighted by molar-refractivity contribution is -0.0333. The van der Waals surface area contributed by atoms with Crippen molar-refractivity contribution in [3.63, 3.8) is 0 Å². The molecule has 0 saturated heterocycles. The zero-order chi connectivity index (χ0) is 15.9. The van der Waals surface area contributed by atoms with Crippen LogP contribution >= 0.6 is 0 Å². The van der Waals surface area contributed by atoms with Gasteiger partial charge in [0.1, 0.15) is 5.75 Å². The standard InChI is InChI=1S/C17H29NO3/c1-6-15(18)16(21-11-10-17(2,3)20-5)13-8-7-9-14(12-13)19-4/h7-9,12,15-16H,6,10-11,18H2,1-5H3. The molecule has 0 aliphatic heterocycles. The predicted molar refractivity (Wildman–Crippen MR) is 85.7 cm³/mol. The fourth-order valence-electron chi connectivity index (χ4n) is 2.03. The normalized spacial score (nSPS) is 14.8.